The van der Waals surface area contributed by atoms with E-state index in [1.165, 1.54) is 0 Å². The topological polar surface area (TPSA) is 55.2 Å². The standard InChI is InChI=1S/C19H30N2O4/c1-15-4-5-17(25-15)18(22)21-8-6-19(7-9-21)14-20(10-11-23-2)12-16(19)13-24-3/h4-5,16H,6-14H2,1-3H3. The number of hydrogen-bond acceptors (Lipinski definition) is 5. The van der Waals surface area contributed by atoms with Gasteiger partial charge in [0.2, 0.25) is 0 Å². The highest BCUT2D eigenvalue weighted by atomic mass is 16.5. The first-order chi connectivity index (χ1) is 12.1. The molecular weight excluding hydrogens is 320 g/mol. The van der Waals surface area contributed by atoms with Crippen LogP contribution in [0.25, 0.3) is 0 Å². The van der Waals surface area contributed by atoms with Gasteiger partial charge in [-0.25, -0.2) is 0 Å². The third kappa shape index (κ3) is 3.91. The van der Waals surface area contributed by atoms with Crippen LogP contribution in [0.1, 0.15) is 29.2 Å². The molecule has 1 atom stereocenters. The fraction of sp³-hybridized carbons (Fsp3) is 0.737. The Morgan fingerprint density at radius 1 is 1.28 bits per heavy atom. The predicted octanol–water partition coefficient (Wildman–Crippen LogP) is 2.04. The molecule has 25 heavy (non-hydrogen) atoms. The largest absolute Gasteiger partial charge is 0.456 e. The van der Waals surface area contributed by atoms with Crippen LogP contribution in [-0.4, -0.2) is 75.9 Å². The van der Waals surface area contributed by atoms with Gasteiger partial charge in [0.05, 0.1) is 13.2 Å². The highest BCUT2D eigenvalue weighted by Gasteiger charge is 2.48. The third-order valence-corrected chi connectivity index (χ3v) is 5.86. The molecule has 0 radical (unpaired) electrons. The number of likely N-dealkylation sites (tertiary alicyclic amines) is 2. The van der Waals surface area contributed by atoms with Gasteiger partial charge in [0.25, 0.3) is 5.91 Å². The average molecular weight is 350 g/mol. The van der Waals surface area contributed by atoms with Crippen LogP contribution in [-0.2, 0) is 9.47 Å². The van der Waals surface area contributed by atoms with Gasteiger partial charge < -0.3 is 23.7 Å². The Kier molecular flexibility index (Phi) is 5.81. The molecule has 0 aliphatic carbocycles. The van der Waals surface area contributed by atoms with Crippen molar-refractivity contribution in [3.63, 3.8) is 0 Å². The van der Waals surface area contributed by atoms with Gasteiger partial charge in [0.1, 0.15) is 5.76 Å². The van der Waals surface area contributed by atoms with E-state index in [0.717, 1.165) is 64.5 Å². The quantitative estimate of drug-likeness (QED) is 0.786. The minimum atomic E-state index is 0.0143. The molecule has 0 aromatic carbocycles. The number of ether oxygens (including phenoxy) is 2. The summed E-state index contributed by atoms with van der Waals surface area (Å²) in [4.78, 5) is 17.0. The number of carbonyl (C=O) groups is 1. The first-order valence-corrected chi connectivity index (χ1v) is 9.14. The number of piperidine rings is 1. The molecule has 2 saturated heterocycles. The molecule has 2 aliphatic rings. The van der Waals surface area contributed by atoms with Gasteiger partial charge in [-0.3, -0.25) is 4.79 Å². The number of rotatable bonds is 6. The molecule has 1 aromatic rings. The zero-order chi connectivity index (χ0) is 17.9. The fourth-order valence-electron chi connectivity index (χ4n) is 4.39. The van der Waals surface area contributed by atoms with Gasteiger partial charge in [0.15, 0.2) is 5.76 Å². The lowest BCUT2D eigenvalue weighted by atomic mass is 9.71. The van der Waals surface area contributed by atoms with E-state index in [1.54, 1.807) is 20.3 Å². The summed E-state index contributed by atoms with van der Waals surface area (Å²) in [6.07, 6.45) is 2.05. The smallest absolute Gasteiger partial charge is 0.289 e. The maximum absolute atomic E-state index is 12.6. The van der Waals surface area contributed by atoms with Gasteiger partial charge in [0, 0.05) is 52.9 Å². The second-order valence-electron chi connectivity index (χ2n) is 7.45. The SMILES string of the molecule is COCCN1CC(COC)C2(CCN(C(=O)c3ccc(C)o3)CC2)C1. The Bertz CT molecular complexity index is 578. The number of hydrogen-bond donors (Lipinski definition) is 0. The Morgan fingerprint density at radius 2 is 2.04 bits per heavy atom. The van der Waals surface area contributed by atoms with Crippen LogP contribution < -0.4 is 0 Å². The van der Waals surface area contributed by atoms with E-state index in [9.17, 15) is 4.79 Å². The summed E-state index contributed by atoms with van der Waals surface area (Å²) in [6, 6.07) is 3.62. The number of methoxy groups -OCH3 is 2. The van der Waals surface area contributed by atoms with Crippen LogP contribution in [0.15, 0.2) is 16.5 Å². The summed E-state index contributed by atoms with van der Waals surface area (Å²) in [5.74, 6) is 1.77. The fourth-order valence-corrected chi connectivity index (χ4v) is 4.39. The predicted molar refractivity (Wildman–Crippen MR) is 94.7 cm³/mol. The van der Waals surface area contributed by atoms with E-state index in [4.69, 9.17) is 13.9 Å². The maximum atomic E-state index is 12.6. The molecule has 1 amide bonds. The molecule has 2 aliphatic heterocycles. The van der Waals surface area contributed by atoms with Crippen LogP contribution in [0.3, 0.4) is 0 Å². The lowest BCUT2D eigenvalue weighted by Gasteiger charge is -2.42. The maximum Gasteiger partial charge on any atom is 0.289 e. The molecule has 0 saturated carbocycles. The second-order valence-corrected chi connectivity index (χ2v) is 7.45. The summed E-state index contributed by atoms with van der Waals surface area (Å²) in [7, 11) is 3.53. The van der Waals surface area contributed by atoms with E-state index in [2.05, 4.69) is 4.90 Å². The van der Waals surface area contributed by atoms with Crippen molar-refractivity contribution in [1.29, 1.82) is 0 Å². The Hall–Kier alpha value is -1.37. The molecule has 140 valence electrons. The first kappa shape index (κ1) is 18.4. The number of amides is 1. The van der Waals surface area contributed by atoms with Gasteiger partial charge >= 0.3 is 0 Å². The Balaban J connectivity index is 1.63. The molecule has 1 spiro atoms. The third-order valence-electron chi connectivity index (χ3n) is 5.86. The van der Waals surface area contributed by atoms with Crippen LogP contribution in [0.4, 0.5) is 0 Å². The second kappa shape index (κ2) is 7.89. The van der Waals surface area contributed by atoms with E-state index in [1.807, 2.05) is 17.9 Å². The highest BCUT2D eigenvalue weighted by molar-refractivity contribution is 5.91. The summed E-state index contributed by atoms with van der Waals surface area (Å²) in [5, 5.41) is 0. The molecule has 3 heterocycles. The molecule has 3 rings (SSSR count). The number of furan rings is 1. The number of carbonyl (C=O) groups excluding carboxylic acids is 1. The minimum Gasteiger partial charge on any atom is -0.456 e. The molecule has 1 aromatic heterocycles. The molecule has 6 nitrogen and oxygen atoms in total. The molecule has 0 N–H and O–H groups in total. The molecular formula is C19H30N2O4. The number of nitrogens with zero attached hydrogens (tertiary/aromatic N) is 2. The van der Waals surface area contributed by atoms with Crippen molar-refractivity contribution in [1.82, 2.24) is 9.80 Å². The van der Waals surface area contributed by atoms with Crippen molar-refractivity contribution >= 4 is 5.91 Å². The van der Waals surface area contributed by atoms with E-state index in [0.29, 0.717) is 11.7 Å². The monoisotopic (exact) mass is 350 g/mol. The summed E-state index contributed by atoms with van der Waals surface area (Å²) >= 11 is 0. The minimum absolute atomic E-state index is 0.0143. The summed E-state index contributed by atoms with van der Waals surface area (Å²) in [6.45, 7) is 8.09. The average Bonchev–Trinajstić information content (AvgIpc) is 3.18. The molecule has 0 bridgehead atoms. The van der Waals surface area contributed by atoms with E-state index < -0.39 is 0 Å². The van der Waals surface area contributed by atoms with Gasteiger partial charge in [-0.05, 0) is 37.3 Å². The molecule has 2 fully saturated rings. The van der Waals surface area contributed by atoms with Crippen LogP contribution in [0.2, 0.25) is 0 Å². The van der Waals surface area contributed by atoms with E-state index >= 15 is 0 Å². The zero-order valence-electron chi connectivity index (χ0n) is 15.6. The first-order valence-electron chi connectivity index (χ1n) is 9.14. The molecule has 6 heteroatoms. The van der Waals surface area contributed by atoms with Crippen LogP contribution in [0.5, 0.6) is 0 Å². The van der Waals surface area contributed by atoms with Crippen molar-refractivity contribution < 1.29 is 18.7 Å². The summed E-state index contributed by atoms with van der Waals surface area (Å²) in [5.41, 5.74) is 0.250. The van der Waals surface area contributed by atoms with Crippen molar-refractivity contribution in [2.75, 3.05) is 60.2 Å². The summed E-state index contributed by atoms with van der Waals surface area (Å²) < 4.78 is 16.2. The lowest BCUT2D eigenvalue weighted by molar-refractivity contribution is 0.0304. The van der Waals surface area contributed by atoms with Crippen molar-refractivity contribution in [3.8, 4) is 0 Å². The normalized spacial score (nSPS) is 23.5. The van der Waals surface area contributed by atoms with Gasteiger partial charge in [-0.1, -0.05) is 0 Å². The van der Waals surface area contributed by atoms with Crippen LogP contribution >= 0.6 is 0 Å². The van der Waals surface area contributed by atoms with Crippen LogP contribution in [0, 0.1) is 18.3 Å². The van der Waals surface area contributed by atoms with E-state index in [-0.39, 0.29) is 11.3 Å². The van der Waals surface area contributed by atoms with Crippen molar-refractivity contribution in [2.24, 2.45) is 11.3 Å². The Morgan fingerprint density at radius 3 is 2.64 bits per heavy atom. The molecule has 1 unspecified atom stereocenters. The number of aryl methyl sites for hydroxylation is 1. The highest BCUT2D eigenvalue weighted by Crippen LogP contribution is 2.44. The van der Waals surface area contributed by atoms with Gasteiger partial charge in [-0.2, -0.15) is 0 Å². The Labute approximate surface area is 150 Å². The van der Waals surface area contributed by atoms with Crippen molar-refractivity contribution in [2.45, 2.75) is 19.8 Å². The van der Waals surface area contributed by atoms with Crippen molar-refractivity contribution in [3.05, 3.63) is 23.7 Å². The lowest BCUT2D eigenvalue weighted by Crippen LogP contribution is -2.47. The zero-order valence-corrected chi connectivity index (χ0v) is 15.6. The van der Waals surface area contributed by atoms with Gasteiger partial charge in [-0.15, -0.1) is 0 Å².